The first kappa shape index (κ1) is 55.1. The van der Waals surface area contributed by atoms with Gasteiger partial charge in [0.05, 0.1) is 11.2 Å². The van der Waals surface area contributed by atoms with E-state index in [1.165, 1.54) is 153 Å². The molecule has 3 aliphatic carbocycles. The monoisotopic (exact) mass is 1120 g/mol. The lowest BCUT2D eigenvalue weighted by Gasteiger charge is -2.51. The predicted octanol–water partition coefficient (Wildman–Crippen LogP) is 20.4. The van der Waals surface area contributed by atoms with Crippen molar-refractivity contribution in [2.24, 2.45) is 0 Å². The lowest BCUT2D eigenvalue weighted by Crippen LogP contribution is -2.62. The normalized spacial score (nSPS) is 21.4. The van der Waals surface area contributed by atoms with Gasteiger partial charge in [-0.2, -0.15) is 0 Å². The summed E-state index contributed by atoms with van der Waals surface area (Å²) in [5, 5.41) is 0. The molecule has 432 valence electrons. The van der Waals surface area contributed by atoms with Gasteiger partial charge < -0.3 is 14.7 Å². The first-order valence-corrected chi connectivity index (χ1v) is 32.4. The van der Waals surface area contributed by atoms with Crippen molar-refractivity contribution in [3.05, 3.63) is 221 Å². The van der Waals surface area contributed by atoms with Crippen LogP contribution in [0.25, 0.3) is 33.4 Å². The van der Waals surface area contributed by atoms with Gasteiger partial charge >= 0.3 is 0 Å². The second-order valence-electron chi connectivity index (χ2n) is 31.1. The number of hydrogen-bond acceptors (Lipinski definition) is 3. The molecule has 2 atom stereocenters. The minimum atomic E-state index is -0.208. The SMILES string of the molecule is Cc1cc2c(cc1N1c3ccc(-c4ccccc4)cc3B3c4cc5c(cc4N(c4ccc(C(C)(C)C)cc4-c4ccccc4)c4cc(N6c7ccc(-c8ccccc8)cc7C7(C)CCCCC67C)cc1c43)C(C)(C)CC5(C)C)C(C)(C)CCC2(C)C. The lowest BCUT2D eigenvalue weighted by atomic mass is 9.33. The van der Waals surface area contributed by atoms with Crippen molar-refractivity contribution in [1.82, 2.24) is 0 Å². The molecule has 0 N–H and O–H groups in total. The highest BCUT2D eigenvalue weighted by Crippen LogP contribution is 2.63. The highest BCUT2D eigenvalue weighted by Gasteiger charge is 2.59. The van der Waals surface area contributed by atoms with E-state index in [9.17, 15) is 0 Å². The average molecular weight is 1120 g/mol. The summed E-state index contributed by atoms with van der Waals surface area (Å²) in [6.07, 6.45) is 8.09. The number of benzene rings is 9. The summed E-state index contributed by atoms with van der Waals surface area (Å²) < 4.78 is 0. The Balaban J connectivity index is 1.11. The third kappa shape index (κ3) is 8.05. The molecule has 1 fully saturated rings. The van der Waals surface area contributed by atoms with Crippen LogP contribution in [0, 0.1) is 6.92 Å². The van der Waals surface area contributed by atoms with Crippen molar-refractivity contribution in [3.63, 3.8) is 0 Å². The van der Waals surface area contributed by atoms with Crippen molar-refractivity contribution < 1.29 is 0 Å². The first-order chi connectivity index (χ1) is 40.9. The molecule has 4 heteroatoms. The lowest BCUT2D eigenvalue weighted by molar-refractivity contribution is 0.195. The maximum Gasteiger partial charge on any atom is 0.252 e. The second kappa shape index (κ2) is 18.7. The van der Waals surface area contributed by atoms with Gasteiger partial charge in [-0.3, -0.25) is 0 Å². The number of nitrogens with zero attached hydrogens (tertiary/aromatic N) is 3. The van der Waals surface area contributed by atoms with Crippen LogP contribution >= 0.6 is 0 Å². The molecule has 6 aliphatic rings. The van der Waals surface area contributed by atoms with E-state index in [0.717, 1.165) is 25.7 Å². The van der Waals surface area contributed by atoms with Crippen molar-refractivity contribution in [2.45, 2.75) is 180 Å². The topological polar surface area (TPSA) is 9.72 Å². The molecule has 9 aromatic rings. The van der Waals surface area contributed by atoms with Crippen LogP contribution in [0.2, 0.25) is 0 Å². The van der Waals surface area contributed by atoms with Crippen molar-refractivity contribution in [2.75, 3.05) is 14.7 Å². The highest BCUT2D eigenvalue weighted by molar-refractivity contribution is 7.00. The maximum atomic E-state index is 2.86. The van der Waals surface area contributed by atoms with E-state index in [1.54, 1.807) is 0 Å². The van der Waals surface area contributed by atoms with Crippen molar-refractivity contribution >= 4 is 68.6 Å². The third-order valence-electron chi connectivity index (χ3n) is 22.7. The fourth-order valence-electron chi connectivity index (χ4n) is 17.9. The van der Waals surface area contributed by atoms with Crippen LogP contribution < -0.4 is 31.1 Å². The Morgan fingerprint density at radius 1 is 0.384 bits per heavy atom. The Kier molecular flexibility index (Phi) is 12.0. The zero-order valence-electron chi connectivity index (χ0n) is 53.7. The van der Waals surface area contributed by atoms with Crippen LogP contribution in [0.15, 0.2) is 182 Å². The molecule has 0 aromatic heterocycles. The van der Waals surface area contributed by atoms with Gasteiger partial charge in [0.25, 0.3) is 6.71 Å². The van der Waals surface area contributed by atoms with E-state index in [4.69, 9.17) is 0 Å². The van der Waals surface area contributed by atoms with Crippen LogP contribution in [0.1, 0.15) is 174 Å². The van der Waals surface area contributed by atoms with Gasteiger partial charge in [-0.15, -0.1) is 0 Å². The fourth-order valence-corrected chi connectivity index (χ4v) is 17.9. The van der Waals surface area contributed by atoms with Gasteiger partial charge in [0.2, 0.25) is 0 Å². The molecule has 9 aromatic carbocycles. The van der Waals surface area contributed by atoms with Gasteiger partial charge in [0, 0.05) is 50.8 Å². The zero-order chi connectivity index (χ0) is 59.8. The molecule has 2 unspecified atom stereocenters. The van der Waals surface area contributed by atoms with E-state index in [2.05, 4.69) is 294 Å². The predicted molar refractivity (Wildman–Crippen MR) is 369 cm³/mol. The number of rotatable bonds is 6. The molecular weight excluding hydrogens is 1040 g/mol. The molecule has 15 rings (SSSR count). The molecule has 0 amide bonds. The molecule has 3 aliphatic heterocycles. The molecule has 3 heterocycles. The van der Waals surface area contributed by atoms with Crippen LogP contribution in [0.4, 0.5) is 45.5 Å². The second-order valence-corrected chi connectivity index (χ2v) is 31.1. The number of fused-ring (bicyclic) bond motifs is 9. The Morgan fingerprint density at radius 3 is 1.50 bits per heavy atom. The summed E-state index contributed by atoms with van der Waals surface area (Å²) in [5.41, 5.74) is 31.6. The van der Waals surface area contributed by atoms with Gasteiger partial charge in [-0.1, -0.05) is 223 Å². The highest BCUT2D eigenvalue weighted by atomic mass is 15.3. The average Bonchev–Trinajstić information content (AvgIpc) is 1.21. The molecule has 0 bridgehead atoms. The Hall–Kier alpha value is -7.56. The fraction of sp³-hybridized carbons (Fsp3) is 0.341. The van der Waals surface area contributed by atoms with E-state index < -0.39 is 0 Å². The van der Waals surface area contributed by atoms with E-state index in [0.29, 0.717) is 0 Å². The maximum absolute atomic E-state index is 2.86. The largest absolute Gasteiger partial charge is 0.334 e. The zero-order valence-corrected chi connectivity index (χ0v) is 53.7. The van der Waals surface area contributed by atoms with Crippen molar-refractivity contribution in [1.29, 1.82) is 0 Å². The van der Waals surface area contributed by atoms with Crippen LogP contribution in [0.5, 0.6) is 0 Å². The van der Waals surface area contributed by atoms with Crippen LogP contribution in [-0.4, -0.2) is 12.3 Å². The summed E-state index contributed by atoms with van der Waals surface area (Å²) in [6.45, 7) is 34.6. The minimum absolute atomic E-state index is 0.00848. The molecular formula is C82H86BN3. The molecule has 1 saturated carbocycles. The van der Waals surface area contributed by atoms with Gasteiger partial charge in [-0.05, 0) is 211 Å². The number of aryl methyl sites for hydroxylation is 1. The number of hydrogen-bond donors (Lipinski definition) is 0. The standard InChI is InChI=1S/C82H86BN3/c1-52-42-61-63(78(7,8)41-40-77(61,5)6)49-71(52)85-70-36-33-57(54-28-20-16-21-29-54)44-66(70)83-67-48-62-64(80(11,12)51-79(62,9)10)50-72(67)84(68-37-34-58(76(2,3)4)45-60(68)55-30-22-17-23-31-55)73-46-59(47-74(85)75(73)83)86-69-35-32-56(53-26-18-15-19-27-53)43-65(69)81(13)38-24-25-39-82(81,86)14/h15-23,26-37,42-50H,24-25,38-41,51H2,1-14H3. The van der Waals surface area contributed by atoms with Gasteiger partial charge in [-0.25, -0.2) is 0 Å². The van der Waals surface area contributed by atoms with E-state index >= 15 is 0 Å². The van der Waals surface area contributed by atoms with E-state index in [1.807, 2.05) is 0 Å². The first-order valence-electron chi connectivity index (χ1n) is 32.4. The summed E-state index contributed by atoms with van der Waals surface area (Å²) in [4.78, 5) is 8.40. The molecule has 3 nitrogen and oxygen atoms in total. The van der Waals surface area contributed by atoms with Crippen LogP contribution in [-0.2, 0) is 32.5 Å². The quantitative estimate of drug-likeness (QED) is 0.154. The smallest absolute Gasteiger partial charge is 0.252 e. The van der Waals surface area contributed by atoms with Gasteiger partial charge in [0.1, 0.15) is 0 Å². The Bertz CT molecular complexity index is 4250. The Labute approximate surface area is 514 Å². The Morgan fingerprint density at radius 2 is 0.884 bits per heavy atom. The molecule has 0 radical (unpaired) electrons. The van der Waals surface area contributed by atoms with Crippen molar-refractivity contribution in [3.8, 4) is 33.4 Å². The summed E-state index contributed by atoms with van der Waals surface area (Å²) >= 11 is 0. The molecule has 0 spiro atoms. The minimum Gasteiger partial charge on any atom is -0.334 e. The summed E-state index contributed by atoms with van der Waals surface area (Å²) in [7, 11) is 0. The van der Waals surface area contributed by atoms with Crippen LogP contribution in [0.3, 0.4) is 0 Å². The summed E-state index contributed by atoms with van der Waals surface area (Å²) in [5.74, 6) is 0. The van der Waals surface area contributed by atoms with E-state index in [-0.39, 0.29) is 44.7 Å². The van der Waals surface area contributed by atoms with Gasteiger partial charge in [0.15, 0.2) is 0 Å². The summed E-state index contributed by atoms with van der Waals surface area (Å²) in [6, 6.07) is 71.9. The molecule has 86 heavy (non-hydrogen) atoms. The molecule has 0 saturated heterocycles. The number of anilines is 8. The third-order valence-corrected chi connectivity index (χ3v) is 22.7.